The Balaban J connectivity index is 1.80. The van der Waals surface area contributed by atoms with Gasteiger partial charge in [0.2, 0.25) is 0 Å². The van der Waals surface area contributed by atoms with E-state index in [1.807, 2.05) is 0 Å². The molecule has 0 radical (unpaired) electrons. The van der Waals surface area contributed by atoms with Crippen LogP contribution in [-0.4, -0.2) is 30.8 Å². The van der Waals surface area contributed by atoms with Gasteiger partial charge in [-0.25, -0.2) is 19.4 Å². The molecule has 2 aromatic heterocycles. The van der Waals surface area contributed by atoms with Crippen molar-refractivity contribution in [2.24, 2.45) is 5.92 Å². The Kier molecular flexibility index (Phi) is 3.17. The van der Waals surface area contributed by atoms with Gasteiger partial charge in [-0.1, -0.05) is 5.57 Å². The molecule has 0 atom stereocenters. The van der Waals surface area contributed by atoms with E-state index in [4.69, 9.17) is 10.8 Å². The number of fused-ring (bicyclic) bond motifs is 1. The van der Waals surface area contributed by atoms with Crippen molar-refractivity contribution in [2.45, 2.75) is 19.4 Å². The van der Waals surface area contributed by atoms with Crippen LogP contribution in [-0.2, 0) is 11.3 Å². The molecular formula is C12H12BrN5O2. The van der Waals surface area contributed by atoms with Crippen LogP contribution in [0.4, 0.5) is 5.82 Å². The predicted molar refractivity (Wildman–Crippen MR) is 75.9 cm³/mol. The normalized spacial score (nSPS) is 18.1. The highest BCUT2D eigenvalue weighted by atomic mass is 79.9. The third-order valence-electron chi connectivity index (χ3n) is 3.38. The van der Waals surface area contributed by atoms with E-state index < -0.39 is 5.97 Å². The number of nitrogen functional groups attached to an aromatic ring is 1. The second-order valence-electron chi connectivity index (χ2n) is 4.85. The largest absolute Gasteiger partial charge is 0.478 e. The van der Waals surface area contributed by atoms with Crippen molar-refractivity contribution in [3.8, 4) is 0 Å². The summed E-state index contributed by atoms with van der Waals surface area (Å²) in [6, 6.07) is 0. The maximum atomic E-state index is 10.6. The number of carboxylic acids is 1. The fourth-order valence-electron chi connectivity index (χ4n) is 2.46. The van der Waals surface area contributed by atoms with Gasteiger partial charge in [0.1, 0.15) is 16.7 Å². The molecule has 1 aliphatic carbocycles. The lowest BCUT2D eigenvalue weighted by Gasteiger charge is -2.28. The van der Waals surface area contributed by atoms with Crippen molar-refractivity contribution in [2.75, 3.05) is 5.73 Å². The Hall–Kier alpha value is -1.96. The average Bonchev–Trinajstić information content (AvgIpc) is 2.64. The molecule has 20 heavy (non-hydrogen) atoms. The molecule has 0 spiro atoms. The first-order valence-electron chi connectivity index (χ1n) is 6.09. The van der Waals surface area contributed by atoms with Crippen LogP contribution in [0.15, 0.2) is 22.6 Å². The Morgan fingerprint density at radius 1 is 1.55 bits per heavy atom. The number of allylic oxidation sites excluding steroid dienone is 1. The fraction of sp³-hybridized carbons (Fsp3) is 0.333. The first-order chi connectivity index (χ1) is 9.54. The van der Waals surface area contributed by atoms with E-state index in [0.717, 1.165) is 18.4 Å². The van der Waals surface area contributed by atoms with Crippen molar-refractivity contribution in [3.05, 3.63) is 22.6 Å². The molecule has 1 saturated carbocycles. The van der Waals surface area contributed by atoms with Gasteiger partial charge in [-0.15, -0.1) is 0 Å². The molecule has 0 aliphatic heterocycles. The zero-order valence-electron chi connectivity index (χ0n) is 10.5. The van der Waals surface area contributed by atoms with Crippen molar-refractivity contribution >= 4 is 38.8 Å². The van der Waals surface area contributed by atoms with Crippen LogP contribution in [0.2, 0.25) is 0 Å². The molecule has 104 valence electrons. The van der Waals surface area contributed by atoms with Crippen LogP contribution >= 0.6 is 15.9 Å². The number of nitrogens with two attached hydrogens (primary N) is 1. The van der Waals surface area contributed by atoms with Crippen LogP contribution in [0.5, 0.6) is 0 Å². The van der Waals surface area contributed by atoms with Crippen molar-refractivity contribution in [1.82, 2.24) is 19.7 Å². The summed E-state index contributed by atoms with van der Waals surface area (Å²) < 4.78 is 2.42. The van der Waals surface area contributed by atoms with Gasteiger partial charge in [0.05, 0.1) is 5.39 Å². The van der Waals surface area contributed by atoms with Gasteiger partial charge in [-0.2, -0.15) is 5.10 Å². The molecule has 2 aromatic rings. The Morgan fingerprint density at radius 3 is 3.00 bits per heavy atom. The molecule has 3 rings (SSSR count). The van der Waals surface area contributed by atoms with Gasteiger partial charge < -0.3 is 10.8 Å². The molecule has 0 amide bonds. The summed E-state index contributed by atoms with van der Waals surface area (Å²) >= 11 is 3.36. The first kappa shape index (κ1) is 13.0. The molecule has 0 aromatic carbocycles. The first-order valence-corrected chi connectivity index (χ1v) is 6.88. The van der Waals surface area contributed by atoms with E-state index in [-0.39, 0.29) is 0 Å². The number of nitrogens with zero attached hydrogens (tertiary/aromatic N) is 4. The fourth-order valence-corrected chi connectivity index (χ4v) is 3.03. The lowest BCUT2D eigenvalue weighted by molar-refractivity contribution is -0.131. The maximum absolute atomic E-state index is 10.6. The minimum atomic E-state index is -0.883. The molecule has 3 N–H and O–H groups in total. The summed E-state index contributed by atoms with van der Waals surface area (Å²) in [7, 11) is 0. The third kappa shape index (κ3) is 2.26. The molecule has 0 bridgehead atoms. The number of hydrogen-bond acceptors (Lipinski definition) is 5. The summed E-state index contributed by atoms with van der Waals surface area (Å²) in [6.07, 6.45) is 4.27. The maximum Gasteiger partial charge on any atom is 0.328 e. The summed E-state index contributed by atoms with van der Waals surface area (Å²) in [4.78, 5) is 18.7. The van der Waals surface area contributed by atoms with Crippen LogP contribution in [0.1, 0.15) is 12.8 Å². The van der Waals surface area contributed by atoms with Crippen molar-refractivity contribution in [3.63, 3.8) is 0 Å². The van der Waals surface area contributed by atoms with E-state index in [1.165, 1.54) is 12.4 Å². The standard InChI is InChI=1S/C12H12BrN5O2/c13-10-9-11(14)15-5-16-12(9)18(17-10)4-7-1-6(2-7)3-8(19)20/h3,5,7H,1-2,4H2,(H,19,20)(H2,14,15,16). The number of carboxylic acid groups (broad SMARTS) is 1. The summed E-state index contributed by atoms with van der Waals surface area (Å²) in [5.41, 5.74) is 7.48. The topological polar surface area (TPSA) is 107 Å². The van der Waals surface area contributed by atoms with E-state index >= 15 is 0 Å². The number of aromatic nitrogens is 4. The lowest BCUT2D eigenvalue weighted by Crippen LogP contribution is -2.22. The van der Waals surface area contributed by atoms with Gasteiger partial charge in [-0.3, -0.25) is 0 Å². The Morgan fingerprint density at radius 2 is 2.30 bits per heavy atom. The second-order valence-corrected chi connectivity index (χ2v) is 5.60. The number of hydrogen-bond donors (Lipinski definition) is 2. The van der Waals surface area contributed by atoms with Crippen LogP contribution in [0, 0.1) is 5.92 Å². The molecule has 8 heteroatoms. The van der Waals surface area contributed by atoms with Crippen molar-refractivity contribution < 1.29 is 9.90 Å². The number of carbonyl (C=O) groups is 1. The molecule has 1 fully saturated rings. The van der Waals surface area contributed by atoms with Crippen molar-refractivity contribution in [1.29, 1.82) is 0 Å². The number of halogens is 1. The molecule has 2 heterocycles. The van der Waals surface area contributed by atoms with Crippen LogP contribution in [0.25, 0.3) is 11.0 Å². The van der Waals surface area contributed by atoms with E-state index in [2.05, 4.69) is 31.0 Å². The summed E-state index contributed by atoms with van der Waals surface area (Å²) in [5.74, 6) is -0.105. The number of aliphatic carboxylic acids is 1. The molecular weight excluding hydrogens is 326 g/mol. The second kappa shape index (κ2) is 4.86. The summed E-state index contributed by atoms with van der Waals surface area (Å²) in [6.45, 7) is 0.690. The number of rotatable bonds is 3. The highest BCUT2D eigenvalue weighted by Gasteiger charge is 2.26. The minimum Gasteiger partial charge on any atom is -0.478 e. The van der Waals surface area contributed by atoms with Gasteiger partial charge in [0.15, 0.2) is 5.65 Å². The average molecular weight is 338 g/mol. The van der Waals surface area contributed by atoms with Gasteiger partial charge in [0.25, 0.3) is 0 Å². The molecule has 0 saturated heterocycles. The minimum absolute atomic E-state index is 0.381. The predicted octanol–water partition coefficient (Wildman–Crippen LogP) is 1.59. The lowest BCUT2D eigenvalue weighted by atomic mass is 9.80. The van der Waals surface area contributed by atoms with Crippen LogP contribution < -0.4 is 5.73 Å². The smallest absolute Gasteiger partial charge is 0.328 e. The molecule has 0 unspecified atom stereocenters. The highest BCUT2D eigenvalue weighted by Crippen LogP contribution is 2.35. The molecule has 7 nitrogen and oxygen atoms in total. The summed E-state index contributed by atoms with van der Waals surface area (Å²) in [5, 5.41) is 13.8. The van der Waals surface area contributed by atoms with Crippen LogP contribution in [0.3, 0.4) is 0 Å². The Labute approximate surface area is 122 Å². The monoisotopic (exact) mass is 337 g/mol. The van der Waals surface area contributed by atoms with Gasteiger partial charge in [-0.05, 0) is 34.7 Å². The molecule has 1 aliphatic rings. The van der Waals surface area contributed by atoms with E-state index in [9.17, 15) is 4.79 Å². The third-order valence-corrected chi connectivity index (χ3v) is 3.93. The quantitative estimate of drug-likeness (QED) is 0.823. The van der Waals surface area contributed by atoms with Gasteiger partial charge in [0, 0.05) is 12.6 Å². The number of anilines is 1. The van der Waals surface area contributed by atoms with Gasteiger partial charge >= 0.3 is 5.97 Å². The van der Waals surface area contributed by atoms with E-state index in [0.29, 0.717) is 33.9 Å². The zero-order chi connectivity index (χ0) is 14.3. The Bertz CT molecular complexity index is 716. The van der Waals surface area contributed by atoms with E-state index in [1.54, 1.807) is 4.68 Å². The highest BCUT2D eigenvalue weighted by molar-refractivity contribution is 9.10. The zero-order valence-corrected chi connectivity index (χ0v) is 12.0. The SMILES string of the molecule is Nc1ncnc2c1c(Br)nn2CC1CC(=CC(=O)O)C1.